The van der Waals surface area contributed by atoms with E-state index in [1.807, 2.05) is 0 Å². The van der Waals surface area contributed by atoms with Gasteiger partial charge in [-0.25, -0.2) is 15.0 Å². The van der Waals surface area contributed by atoms with Gasteiger partial charge in [-0.3, -0.25) is 0 Å². The molecule has 1 heterocycles. The molecule has 0 saturated carbocycles. The Bertz CT molecular complexity index is 363. The van der Waals surface area contributed by atoms with Crippen LogP contribution >= 0.6 is 0 Å². The molecule has 0 saturated heterocycles. The fourth-order valence-corrected chi connectivity index (χ4v) is 1.32. The monoisotopic (exact) mass is 235 g/mol. The standard InChI is InChI=1S/C14H25N3/c1-9(2)10-15-11(13(3,4)5)17-12(16-10)14(6,7)8/h9H,1-8H3. The molecule has 3 nitrogen and oxygen atoms in total. The van der Waals surface area contributed by atoms with Crippen LogP contribution in [0.3, 0.4) is 0 Å². The van der Waals surface area contributed by atoms with Gasteiger partial charge in [0.15, 0.2) is 0 Å². The number of hydrogen-bond donors (Lipinski definition) is 0. The first-order valence-corrected chi connectivity index (χ1v) is 6.29. The summed E-state index contributed by atoms with van der Waals surface area (Å²) in [6.07, 6.45) is 0. The Morgan fingerprint density at radius 2 is 1.06 bits per heavy atom. The zero-order valence-corrected chi connectivity index (χ0v) is 12.4. The van der Waals surface area contributed by atoms with Crippen LogP contribution in [0.1, 0.15) is 78.8 Å². The maximum Gasteiger partial charge on any atom is 0.137 e. The Kier molecular flexibility index (Phi) is 3.60. The SMILES string of the molecule is CC(C)c1nc(C(C)(C)C)nc(C(C)(C)C)n1. The number of aromatic nitrogens is 3. The van der Waals surface area contributed by atoms with Gasteiger partial charge in [-0.1, -0.05) is 55.4 Å². The third kappa shape index (κ3) is 3.48. The van der Waals surface area contributed by atoms with Gasteiger partial charge in [0.05, 0.1) is 0 Å². The predicted octanol–water partition coefficient (Wildman–Crippen LogP) is 3.59. The van der Waals surface area contributed by atoms with Gasteiger partial charge < -0.3 is 0 Å². The minimum absolute atomic E-state index is 0.0351. The molecule has 0 amide bonds. The summed E-state index contributed by atoms with van der Waals surface area (Å²) < 4.78 is 0. The highest BCUT2D eigenvalue weighted by Crippen LogP contribution is 2.24. The molecule has 0 atom stereocenters. The molecule has 0 radical (unpaired) electrons. The van der Waals surface area contributed by atoms with Crippen LogP contribution in [0.25, 0.3) is 0 Å². The zero-order valence-electron chi connectivity index (χ0n) is 12.4. The van der Waals surface area contributed by atoms with E-state index in [0.717, 1.165) is 17.5 Å². The van der Waals surface area contributed by atoms with Crippen LogP contribution < -0.4 is 0 Å². The van der Waals surface area contributed by atoms with Crippen LogP contribution in [0, 0.1) is 0 Å². The predicted molar refractivity (Wildman–Crippen MR) is 71.3 cm³/mol. The summed E-state index contributed by atoms with van der Waals surface area (Å²) in [4.78, 5) is 13.8. The molecule has 1 aromatic heterocycles. The van der Waals surface area contributed by atoms with Gasteiger partial charge in [0.25, 0.3) is 0 Å². The Labute approximate surface area is 105 Å². The largest absolute Gasteiger partial charge is 0.217 e. The van der Waals surface area contributed by atoms with Crippen LogP contribution in [0.5, 0.6) is 0 Å². The smallest absolute Gasteiger partial charge is 0.137 e. The van der Waals surface area contributed by atoms with Crippen molar-refractivity contribution in [2.45, 2.75) is 72.1 Å². The van der Waals surface area contributed by atoms with Gasteiger partial charge in [-0.05, 0) is 0 Å². The lowest BCUT2D eigenvalue weighted by Crippen LogP contribution is -2.25. The van der Waals surface area contributed by atoms with E-state index in [-0.39, 0.29) is 10.8 Å². The van der Waals surface area contributed by atoms with Crippen molar-refractivity contribution in [3.63, 3.8) is 0 Å². The highest BCUT2D eigenvalue weighted by molar-refractivity contribution is 5.12. The molecular formula is C14H25N3. The molecule has 0 aliphatic heterocycles. The number of nitrogens with zero attached hydrogens (tertiary/aromatic N) is 3. The lowest BCUT2D eigenvalue weighted by atomic mass is 9.93. The van der Waals surface area contributed by atoms with Crippen molar-refractivity contribution in [3.8, 4) is 0 Å². The molecular weight excluding hydrogens is 210 g/mol. The number of hydrogen-bond acceptors (Lipinski definition) is 3. The van der Waals surface area contributed by atoms with Crippen molar-refractivity contribution in [3.05, 3.63) is 17.5 Å². The first-order valence-electron chi connectivity index (χ1n) is 6.29. The summed E-state index contributed by atoms with van der Waals surface area (Å²) in [5, 5.41) is 0. The Morgan fingerprint density at radius 1 is 0.706 bits per heavy atom. The molecule has 96 valence electrons. The van der Waals surface area contributed by atoms with E-state index < -0.39 is 0 Å². The van der Waals surface area contributed by atoms with Gasteiger partial charge in [0, 0.05) is 16.7 Å². The van der Waals surface area contributed by atoms with Crippen LogP contribution in [0.15, 0.2) is 0 Å². The van der Waals surface area contributed by atoms with Crippen molar-refractivity contribution in [2.75, 3.05) is 0 Å². The first kappa shape index (κ1) is 14.1. The van der Waals surface area contributed by atoms with E-state index in [4.69, 9.17) is 0 Å². The second-order valence-electron chi connectivity index (χ2n) is 7.00. The molecule has 0 aliphatic rings. The molecule has 1 rings (SSSR count). The normalized spacial score (nSPS) is 13.2. The molecule has 0 fully saturated rings. The van der Waals surface area contributed by atoms with E-state index in [1.165, 1.54) is 0 Å². The van der Waals surface area contributed by atoms with Gasteiger partial charge in [0.1, 0.15) is 17.5 Å². The Hall–Kier alpha value is -0.990. The van der Waals surface area contributed by atoms with Crippen LogP contribution in [-0.2, 0) is 10.8 Å². The fourth-order valence-electron chi connectivity index (χ4n) is 1.32. The minimum atomic E-state index is -0.0351. The Morgan fingerprint density at radius 3 is 1.29 bits per heavy atom. The van der Waals surface area contributed by atoms with Gasteiger partial charge in [-0.2, -0.15) is 0 Å². The van der Waals surface area contributed by atoms with Gasteiger partial charge >= 0.3 is 0 Å². The lowest BCUT2D eigenvalue weighted by molar-refractivity contribution is 0.484. The molecule has 3 heteroatoms. The van der Waals surface area contributed by atoms with Crippen molar-refractivity contribution in [1.29, 1.82) is 0 Å². The molecule has 17 heavy (non-hydrogen) atoms. The molecule has 0 aliphatic carbocycles. The average Bonchev–Trinajstić information content (AvgIpc) is 2.14. The molecule has 0 unspecified atom stereocenters. The zero-order chi connectivity index (χ0) is 13.4. The van der Waals surface area contributed by atoms with E-state index >= 15 is 0 Å². The topological polar surface area (TPSA) is 38.7 Å². The number of rotatable bonds is 1. The van der Waals surface area contributed by atoms with E-state index in [9.17, 15) is 0 Å². The molecule has 0 aromatic carbocycles. The van der Waals surface area contributed by atoms with Crippen LogP contribution in [0.2, 0.25) is 0 Å². The first-order chi connectivity index (χ1) is 7.51. The fraction of sp³-hybridized carbons (Fsp3) is 0.786. The van der Waals surface area contributed by atoms with Crippen molar-refractivity contribution in [1.82, 2.24) is 15.0 Å². The average molecular weight is 235 g/mol. The molecule has 0 N–H and O–H groups in total. The highest BCUT2D eigenvalue weighted by Gasteiger charge is 2.25. The minimum Gasteiger partial charge on any atom is -0.217 e. The molecule has 0 bridgehead atoms. The van der Waals surface area contributed by atoms with Gasteiger partial charge in [0.2, 0.25) is 0 Å². The summed E-state index contributed by atoms with van der Waals surface area (Å²) in [5.41, 5.74) is -0.0703. The summed E-state index contributed by atoms with van der Waals surface area (Å²) in [6, 6.07) is 0. The van der Waals surface area contributed by atoms with Crippen molar-refractivity contribution in [2.24, 2.45) is 0 Å². The maximum absolute atomic E-state index is 4.64. The Balaban J connectivity index is 3.40. The summed E-state index contributed by atoms with van der Waals surface area (Å²) in [6.45, 7) is 17.1. The van der Waals surface area contributed by atoms with E-state index in [0.29, 0.717) is 5.92 Å². The van der Waals surface area contributed by atoms with E-state index in [2.05, 4.69) is 70.3 Å². The highest BCUT2D eigenvalue weighted by atomic mass is 15.1. The third-order valence-corrected chi connectivity index (χ3v) is 2.51. The van der Waals surface area contributed by atoms with E-state index in [1.54, 1.807) is 0 Å². The summed E-state index contributed by atoms with van der Waals surface area (Å²) in [5.74, 6) is 3.01. The van der Waals surface area contributed by atoms with Crippen molar-refractivity contribution >= 4 is 0 Å². The van der Waals surface area contributed by atoms with Gasteiger partial charge in [-0.15, -0.1) is 0 Å². The lowest BCUT2D eigenvalue weighted by Gasteiger charge is -2.23. The summed E-state index contributed by atoms with van der Waals surface area (Å²) in [7, 11) is 0. The summed E-state index contributed by atoms with van der Waals surface area (Å²) >= 11 is 0. The quantitative estimate of drug-likeness (QED) is 0.746. The second kappa shape index (κ2) is 4.35. The molecule has 1 aromatic rings. The second-order valence-corrected chi connectivity index (χ2v) is 7.00. The molecule has 0 spiro atoms. The third-order valence-electron chi connectivity index (χ3n) is 2.51. The van der Waals surface area contributed by atoms with Crippen molar-refractivity contribution < 1.29 is 0 Å². The maximum atomic E-state index is 4.64. The van der Waals surface area contributed by atoms with Crippen LogP contribution in [-0.4, -0.2) is 15.0 Å². The van der Waals surface area contributed by atoms with Crippen LogP contribution in [0.4, 0.5) is 0 Å².